The Balaban J connectivity index is 1.12. The highest BCUT2D eigenvalue weighted by Gasteiger charge is 2.22. The summed E-state index contributed by atoms with van der Waals surface area (Å²) in [4.78, 5) is 38.1. The number of amides is 1. The largest absolute Gasteiger partial charge is 0.441 e. The lowest BCUT2D eigenvalue weighted by Gasteiger charge is -2.34. The van der Waals surface area contributed by atoms with Crippen LogP contribution < -0.4 is 5.56 Å². The van der Waals surface area contributed by atoms with E-state index in [1.165, 1.54) is 28.0 Å². The van der Waals surface area contributed by atoms with Gasteiger partial charge in [0.05, 0.1) is 17.5 Å². The highest BCUT2D eigenvalue weighted by atomic mass is 32.1. The molecule has 0 spiro atoms. The van der Waals surface area contributed by atoms with Gasteiger partial charge in [-0.1, -0.05) is 0 Å². The van der Waals surface area contributed by atoms with Crippen LogP contribution in [0, 0.1) is 11.6 Å². The molecular formula is C23H21F2N5O3S. The van der Waals surface area contributed by atoms with Crippen LogP contribution in [0.1, 0.15) is 18.0 Å². The number of rotatable bonds is 6. The molecule has 0 atom stereocenters. The number of hydrogen-bond donors (Lipinski definition) is 0. The van der Waals surface area contributed by atoms with Crippen LogP contribution in [0.15, 0.2) is 51.3 Å². The minimum atomic E-state index is -0.729. The first-order chi connectivity index (χ1) is 16.5. The van der Waals surface area contributed by atoms with Crippen LogP contribution in [0.5, 0.6) is 0 Å². The molecule has 1 aliphatic heterocycles. The Morgan fingerprint density at radius 2 is 1.97 bits per heavy atom. The Morgan fingerprint density at radius 3 is 2.76 bits per heavy atom. The molecule has 4 aromatic rings. The van der Waals surface area contributed by atoms with Gasteiger partial charge >= 0.3 is 0 Å². The van der Waals surface area contributed by atoms with Gasteiger partial charge in [0.1, 0.15) is 11.6 Å². The number of fused-ring (bicyclic) bond motifs is 1. The van der Waals surface area contributed by atoms with E-state index < -0.39 is 11.6 Å². The lowest BCUT2D eigenvalue weighted by atomic mass is 10.2. The molecule has 34 heavy (non-hydrogen) atoms. The van der Waals surface area contributed by atoms with Crippen molar-refractivity contribution < 1.29 is 18.0 Å². The number of piperazine rings is 1. The molecule has 0 saturated carbocycles. The summed E-state index contributed by atoms with van der Waals surface area (Å²) in [6, 6.07) is 4.79. The SMILES string of the molecule is O=C(CCc1ncc(-c2ccc(F)cc2F)o1)N1CCN(Cc2cc(=O)n3ccsc3n2)CC1. The van der Waals surface area contributed by atoms with E-state index in [0.29, 0.717) is 43.6 Å². The van der Waals surface area contributed by atoms with Crippen molar-refractivity contribution in [2.75, 3.05) is 26.2 Å². The van der Waals surface area contributed by atoms with E-state index in [4.69, 9.17) is 4.42 Å². The van der Waals surface area contributed by atoms with Crippen LogP contribution in [0.4, 0.5) is 8.78 Å². The van der Waals surface area contributed by atoms with Crippen molar-refractivity contribution in [2.45, 2.75) is 19.4 Å². The topological polar surface area (TPSA) is 84.0 Å². The van der Waals surface area contributed by atoms with Gasteiger partial charge in [0, 0.05) is 69.3 Å². The Kier molecular flexibility index (Phi) is 6.20. The van der Waals surface area contributed by atoms with Gasteiger partial charge in [-0.3, -0.25) is 18.9 Å². The minimum Gasteiger partial charge on any atom is -0.441 e. The van der Waals surface area contributed by atoms with Crippen LogP contribution in [0.25, 0.3) is 16.3 Å². The van der Waals surface area contributed by atoms with Gasteiger partial charge in [-0.15, -0.1) is 11.3 Å². The molecule has 0 N–H and O–H groups in total. The number of oxazole rings is 1. The average Bonchev–Trinajstić information content (AvgIpc) is 3.48. The summed E-state index contributed by atoms with van der Waals surface area (Å²) in [5.41, 5.74) is 0.759. The Hall–Kier alpha value is -3.44. The van der Waals surface area contributed by atoms with E-state index in [2.05, 4.69) is 14.9 Å². The van der Waals surface area contributed by atoms with E-state index in [9.17, 15) is 18.4 Å². The van der Waals surface area contributed by atoms with Gasteiger partial charge in [-0.25, -0.2) is 18.7 Å². The lowest BCUT2D eigenvalue weighted by molar-refractivity contribution is -0.133. The summed E-state index contributed by atoms with van der Waals surface area (Å²) in [6.45, 7) is 3.09. The van der Waals surface area contributed by atoms with Crippen molar-refractivity contribution in [1.29, 1.82) is 0 Å². The summed E-state index contributed by atoms with van der Waals surface area (Å²) < 4.78 is 34.1. The molecule has 8 nitrogen and oxygen atoms in total. The van der Waals surface area contributed by atoms with Gasteiger partial charge in [-0.2, -0.15) is 0 Å². The first-order valence-corrected chi connectivity index (χ1v) is 11.7. The number of halogens is 2. The number of hydrogen-bond acceptors (Lipinski definition) is 7. The number of nitrogens with zero attached hydrogens (tertiary/aromatic N) is 5. The zero-order chi connectivity index (χ0) is 23.7. The molecule has 0 radical (unpaired) electrons. The summed E-state index contributed by atoms with van der Waals surface area (Å²) >= 11 is 1.42. The van der Waals surface area contributed by atoms with Crippen molar-refractivity contribution in [3.8, 4) is 11.3 Å². The maximum atomic E-state index is 13.9. The van der Waals surface area contributed by atoms with Crippen molar-refractivity contribution in [2.24, 2.45) is 0 Å². The molecule has 5 rings (SSSR count). The number of carbonyl (C=O) groups excluding carboxylic acids is 1. The average molecular weight is 486 g/mol. The maximum Gasteiger partial charge on any atom is 0.258 e. The summed E-state index contributed by atoms with van der Waals surface area (Å²) in [5.74, 6) is -0.883. The standard InChI is InChI=1S/C23H21F2N5O3S/c24-15-1-2-17(18(25)11-15)19-13-26-20(33-19)3-4-21(31)29-7-5-28(6-8-29)14-16-12-22(32)30-9-10-34-23(30)27-16/h1-2,9-13H,3-8,14H2. The van der Waals surface area contributed by atoms with Crippen LogP contribution >= 0.6 is 11.3 Å². The highest BCUT2D eigenvalue weighted by molar-refractivity contribution is 7.15. The summed E-state index contributed by atoms with van der Waals surface area (Å²) in [7, 11) is 0. The molecule has 1 fully saturated rings. The number of benzene rings is 1. The third-order valence-corrected chi connectivity index (χ3v) is 6.53. The molecule has 1 saturated heterocycles. The van der Waals surface area contributed by atoms with Crippen molar-refractivity contribution in [1.82, 2.24) is 24.2 Å². The van der Waals surface area contributed by atoms with Gasteiger partial charge in [0.2, 0.25) is 5.91 Å². The Bertz CT molecular complexity index is 1390. The quantitative estimate of drug-likeness (QED) is 0.418. The van der Waals surface area contributed by atoms with E-state index in [1.54, 1.807) is 17.2 Å². The fraction of sp³-hybridized carbons (Fsp3) is 0.304. The number of aromatic nitrogens is 3. The van der Waals surface area contributed by atoms with Crippen molar-refractivity contribution in [3.05, 3.63) is 75.6 Å². The summed E-state index contributed by atoms with van der Waals surface area (Å²) in [6.07, 6.45) is 3.60. The fourth-order valence-corrected chi connectivity index (χ4v) is 4.70. The molecule has 1 amide bonds. The fourth-order valence-electron chi connectivity index (χ4n) is 3.96. The van der Waals surface area contributed by atoms with E-state index >= 15 is 0 Å². The zero-order valence-electron chi connectivity index (χ0n) is 18.1. The second kappa shape index (κ2) is 9.43. The molecule has 3 aromatic heterocycles. The van der Waals surface area contributed by atoms with E-state index in [-0.39, 0.29) is 35.6 Å². The molecular weight excluding hydrogens is 464 g/mol. The molecule has 176 valence electrons. The number of carbonyl (C=O) groups is 1. The molecule has 0 aliphatic carbocycles. The van der Waals surface area contributed by atoms with Crippen molar-refractivity contribution >= 4 is 22.2 Å². The normalized spacial score (nSPS) is 14.7. The lowest BCUT2D eigenvalue weighted by Crippen LogP contribution is -2.48. The highest BCUT2D eigenvalue weighted by Crippen LogP contribution is 2.24. The van der Waals surface area contributed by atoms with Crippen LogP contribution in [0.3, 0.4) is 0 Å². The first kappa shape index (κ1) is 22.4. The Morgan fingerprint density at radius 1 is 1.15 bits per heavy atom. The third kappa shape index (κ3) is 4.75. The Labute approximate surface area is 197 Å². The van der Waals surface area contributed by atoms with Crippen LogP contribution in [-0.2, 0) is 17.8 Å². The van der Waals surface area contributed by atoms with E-state index in [0.717, 1.165) is 17.8 Å². The predicted octanol–water partition coefficient (Wildman–Crippen LogP) is 2.97. The third-order valence-electron chi connectivity index (χ3n) is 5.77. The summed E-state index contributed by atoms with van der Waals surface area (Å²) in [5, 5.41) is 1.83. The second-order valence-corrected chi connectivity index (χ2v) is 8.91. The molecule has 4 heterocycles. The molecule has 1 aromatic carbocycles. The number of aryl methyl sites for hydroxylation is 1. The van der Waals surface area contributed by atoms with Crippen LogP contribution in [-0.4, -0.2) is 56.3 Å². The van der Waals surface area contributed by atoms with Gasteiger partial charge in [0.25, 0.3) is 5.56 Å². The van der Waals surface area contributed by atoms with E-state index in [1.807, 2.05) is 5.38 Å². The molecule has 0 unspecified atom stereocenters. The van der Waals surface area contributed by atoms with Crippen LogP contribution in [0.2, 0.25) is 0 Å². The predicted molar refractivity (Wildman–Crippen MR) is 121 cm³/mol. The number of thiazole rings is 1. The zero-order valence-corrected chi connectivity index (χ0v) is 18.9. The monoisotopic (exact) mass is 485 g/mol. The van der Waals surface area contributed by atoms with Gasteiger partial charge < -0.3 is 9.32 Å². The smallest absolute Gasteiger partial charge is 0.258 e. The van der Waals surface area contributed by atoms with Gasteiger partial charge in [-0.05, 0) is 12.1 Å². The molecule has 1 aliphatic rings. The minimum absolute atomic E-state index is 0.0104. The first-order valence-electron chi connectivity index (χ1n) is 10.8. The van der Waals surface area contributed by atoms with Gasteiger partial charge in [0.15, 0.2) is 16.6 Å². The second-order valence-electron chi connectivity index (χ2n) is 8.04. The molecule has 11 heteroatoms. The maximum absolute atomic E-state index is 13.9. The molecule has 0 bridgehead atoms. The van der Waals surface area contributed by atoms with Crippen molar-refractivity contribution in [3.63, 3.8) is 0 Å².